The van der Waals surface area contributed by atoms with Crippen LogP contribution in [0.4, 0.5) is 0 Å². The summed E-state index contributed by atoms with van der Waals surface area (Å²) in [6, 6.07) is 0. The lowest BCUT2D eigenvalue weighted by Crippen LogP contribution is -2.54. The highest BCUT2D eigenvalue weighted by Gasteiger charge is 2.42. The molecule has 0 aliphatic heterocycles. The molecule has 4 atom stereocenters. The van der Waals surface area contributed by atoms with Crippen LogP contribution in [-0.4, -0.2) is 127 Å². The molecule has 4 unspecified atom stereocenters. The summed E-state index contributed by atoms with van der Waals surface area (Å²) in [6.45, 7) is 12.6. The van der Waals surface area contributed by atoms with Crippen molar-refractivity contribution < 1.29 is 38.0 Å². The van der Waals surface area contributed by atoms with Gasteiger partial charge in [-0.05, 0) is 182 Å². The highest BCUT2D eigenvalue weighted by Crippen LogP contribution is 2.24. The number of esters is 2. The van der Waals surface area contributed by atoms with Crippen LogP contribution in [0.1, 0.15) is 349 Å². The quantitative estimate of drug-likeness (QED) is 0.0333. The Labute approximate surface area is 607 Å². The number of carbonyl (C=O) groups is 2. The SMILES string of the molecule is CCCCC/C=C\C/C=C\CCCCCCCCOCC(OCCCCCCCC/C=C\C/C=C\CCCCC)C(OC(=O)CCN(C)C)C(OC(=O)CCN(C)C)C(COCCCCCCCC/C=C\C/C=C\CCCCC)OCCCCCCCC/C=C\C/C=C\CCCCC. The molecular formula is C88H160N2O8. The molecule has 0 saturated carbocycles. The summed E-state index contributed by atoms with van der Waals surface area (Å²) < 4.78 is 40.3. The number of unbranched alkanes of at least 4 members (excludes halogenated alkanes) is 36. The molecule has 0 aliphatic carbocycles. The van der Waals surface area contributed by atoms with Gasteiger partial charge in [-0.2, -0.15) is 0 Å². The fourth-order valence-electron chi connectivity index (χ4n) is 11.7. The number of rotatable bonds is 77. The lowest BCUT2D eigenvalue weighted by atomic mass is 10.0. The van der Waals surface area contributed by atoms with Gasteiger partial charge in [0.25, 0.3) is 0 Å². The third-order valence-electron chi connectivity index (χ3n) is 18.0. The van der Waals surface area contributed by atoms with Crippen LogP contribution >= 0.6 is 0 Å². The van der Waals surface area contributed by atoms with Crippen LogP contribution in [0.3, 0.4) is 0 Å². The molecule has 0 aliphatic rings. The van der Waals surface area contributed by atoms with E-state index in [1.54, 1.807) is 0 Å². The minimum Gasteiger partial charge on any atom is -0.455 e. The number of allylic oxidation sites excluding steroid dienone is 16. The molecule has 0 saturated heterocycles. The van der Waals surface area contributed by atoms with E-state index in [4.69, 9.17) is 28.4 Å². The molecular weight excluding hydrogens is 1210 g/mol. The maximum Gasteiger partial charge on any atom is 0.307 e. The minimum absolute atomic E-state index is 0.180. The van der Waals surface area contributed by atoms with Gasteiger partial charge in [-0.25, -0.2) is 0 Å². The number of nitrogens with zero attached hydrogens (tertiary/aromatic N) is 2. The van der Waals surface area contributed by atoms with Crippen molar-refractivity contribution in [3.63, 3.8) is 0 Å². The van der Waals surface area contributed by atoms with Crippen molar-refractivity contribution >= 4 is 11.9 Å². The topological polar surface area (TPSA) is 96.0 Å². The van der Waals surface area contributed by atoms with Crippen LogP contribution in [0.5, 0.6) is 0 Å². The van der Waals surface area contributed by atoms with Gasteiger partial charge in [0.2, 0.25) is 0 Å². The molecule has 0 bridgehead atoms. The van der Waals surface area contributed by atoms with E-state index in [1.165, 1.54) is 193 Å². The number of carbonyl (C=O) groups excluding carboxylic acids is 2. The van der Waals surface area contributed by atoms with Crippen LogP contribution in [0.2, 0.25) is 0 Å². The Bertz CT molecular complexity index is 1770. The van der Waals surface area contributed by atoms with Crippen LogP contribution in [0, 0.1) is 0 Å². The van der Waals surface area contributed by atoms with Gasteiger partial charge >= 0.3 is 11.9 Å². The zero-order chi connectivity index (χ0) is 71.2. The van der Waals surface area contributed by atoms with E-state index in [9.17, 15) is 9.59 Å². The Kier molecular flexibility index (Phi) is 76.6. The smallest absolute Gasteiger partial charge is 0.307 e. The van der Waals surface area contributed by atoms with Gasteiger partial charge in [0, 0.05) is 39.5 Å². The Morgan fingerprint density at radius 3 is 0.724 bits per heavy atom. The normalized spacial score (nSPS) is 13.8. The Morgan fingerprint density at radius 1 is 0.276 bits per heavy atom. The first-order valence-corrected chi connectivity index (χ1v) is 41.5. The Hall–Kier alpha value is -3.38. The second kappa shape index (κ2) is 79.3. The summed E-state index contributed by atoms with van der Waals surface area (Å²) in [5.74, 6) is -0.728. The van der Waals surface area contributed by atoms with E-state index in [2.05, 4.69) is 125 Å². The lowest BCUT2D eigenvalue weighted by Gasteiger charge is -2.37. The average molecular weight is 1370 g/mol. The van der Waals surface area contributed by atoms with Gasteiger partial charge in [0.05, 0.1) is 26.1 Å². The summed E-state index contributed by atoms with van der Waals surface area (Å²) in [5, 5.41) is 0. The highest BCUT2D eigenvalue weighted by atomic mass is 16.6. The van der Waals surface area contributed by atoms with Crippen LogP contribution in [0.25, 0.3) is 0 Å². The number of hydrogen-bond donors (Lipinski definition) is 0. The van der Waals surface area contributed by atoms with Gasteiger partial charge in [0.15, 0.2) is 12.2 Å². The molecule has 0 aromatic rings. The molecule has 98 heavy (non-hydrogen) atoms. The lowest BCUT2D eigenvalue weighted by molar-refractivity contribution is -0.206. The van der Waals surface area contributed by atoms with Gasteiger partial charge < -0.3 is 38.2 Å². The number of hydrogen-bond acceptors (Lipinski definition) is 10. The Balaban J connectivity index is 6.50. The molecule has 10 nitrogen and oxygen atoms in total. The molecule has 570 valence electrons. The van der Waals surface area contributed by atoms with Crippen molar-refractivity contribution in [2.75, 3.05) is 80.9 Å². The summed E-state index contributed by atoms with van der Waals surface area (Å²) in [5.41, 5.74) is 0. The maximum atomic E-state index is 14.2. The zero-order valence-electron chi connectivity index (χ0n) is 65.7. The largest absolute Gasteiger partial charge is 0.455 e. The van der Waals surface area contributed by atoms with Gasteiger partial charge in [-0.1, -0.05) is 279 Å². The van der Waals surface area contributed by atoms with E-state index in [1.807, 2.05) is 38.0 Å². The monoisotopic (exact) mass is 1370 g/mol. The van der Waals surface area contributed by atoms with E-state index in [0.717, 1.165) is 116 Å². The summed E-state index contributed by atoms with van der Waals surface area (Å²) >= 11 is 0. The second-order valence-electron chi connectivity index (χ2n) is 28.3. The maximum absolute atomic E-state index is 14.2. The standard InChI is InChI=1S/C88H160N2O8/c1-9-13-17-21-25-29-33-37-41-45-49-53-57-61-65-69-77-93-81-83(95-79-71-67-63-59-55-51-47-43-39-35-31-27-23-19-15-11-3)87(97-85(91)73-75-89(5)6)88(98-86(92)74-76-90(7)8)84(96-80-72-68-64-60-56-52-48-44-40-36-32-28-24-20-16-12-4)82-94-78-70-66-62-58-54-50-46-42-38-34-30-26-22-18-14-10-2/h25-32,37-44,83-84,87-88H,9-24,33-36,45-82H2,1-8H3/b29-25-,30-26-,31-27-,32-28-,41-37-,42-38-,43-39-,44-40-. The average Bonchev–Trinajstić information content (AvgIpc) is 0.835. The molecule has 0 radical (unpaired) electrons. The van der Waals surface area contributed by atoms with E-state index < -0.39 is 24.4 Å². The molecule has 0 N–H and O–H groups in total. The van der Waals surface area contributed by atoms with E-state index in [0.29, 0.717) is 39.5 Å². The molecule has 0 rings (SSSR count). The molecule has 0 fully saturated rings. The van der Waals surface area contributed by atoms with Crippen LogP contribution in [0.15, 0.2) is 97.2 Å². The van der Waals surface area contributed by atoms with Gasteiger partial charge in [-0.3, -0.25) is 9.59 Å². The fourth-order valence-corrected chi connectivity index (χ4v) is 11.7. The van der Waals surface area contributed by atoms with Gasteiger partial charge in [-0.15, -0.1) is 0 Å². The first kappa shape index (κ1) is 94.6. The number of ether oxygens (including phenoxy) is 6. The van der Waals surface area contributed by atoms with Crippen molar-refractivity contribution in [2.45, 2.75) is 373 Å². The first-order valence-electron chi connectivity index (χ1n) is 41.5. The van der Waals surface area contributed by atoms with Crippen molar-refractivity contribution in [1.82, 2.24) is 9.80 Å². The third-order valence-corrected chi connectivity index (χ3v) is 18.0. The van der Waals surface area contributed by atoms with Crippen molar-refractivity contribution in [3.8, 4) is 0 Å². The van der Waals surface area contributed by atoms with E-state index in [-0.39, 0.29) is 38.0 Å². The predicted molar refractivity (Wildman–Crippen MR) is 425 cm³/mol. The molecule has 0 aromatic heterocycles. The summed E-state index contributed by atoms with van der Waals surface area (Å²) in [4.78, 5) is 32.5. The second-order valence-corrected chi connectivity index (χ2v) is 28.3. The van der Waals surface area contributed by atoms with Crippen LogP contribution < -0.4 is 0 Å². The summed E-state index contributed by atoms with van der Waals surface area (Å²) in [7, 11) is 7.85. The van der Waals surface area contributed by atoms with E-state index >= 15 is 0 Å². The van der Waals surface area contributed by atoms with Crippen molar-refractivity contribution in [2.24, 2.45) is 0 Å². The molecule has 0 spiro atoms. The third kappa shape index (κ3) is 71.0. The van der Waals surface area contributed by atoms with Crippen LogP contribution in [-0.2, 0) is 38.0 Å². The van der Waals surface area contributed by atoms with Gasteiger partial charge in [0.1, 0.15) is 12.2 Å². The Morgan fingerprint density at radius 2 is 0.490 bits per heavy atom. The highest BCUT2D eigenvalue weighted by molar-refractivity contribution is 5.71. The molecule has 0 aromatic carbocycles. The van der Waals surface area contributed by atoms with Crippen molar-refractivity contribution in [3.05, 3.63) is 97.2 Å². The molecule has 10 heteroatoms. The fraction of sp³-hybridized carbons (Fsp3) is 0.795. The zero-order valence-corrected chi connectivity index (χ0v) is 65.7. The minimum atomic E-state index is -0.986. The van der Waals surface area contributed by atoms with Crippen molar-refractivity contribution in [1.29, 1.82) is 0 Å². The first-order chi connectivity index (χ1) is 48.2. The molecule has 0 amide bonds. The predicted octanol–water partition coefficient (Wildman–Crippen LogP) is 24.8. The molecule has 0 heterocycles. The summed E-state index contributed by atoms with van der Waals surface area (Å²) in [6.07, 6.45) is 90.2.